The van der Waals surface area contributed by atoms with E-state index in [1.54, 1.807) is 17.7 Å². The van der Waals surface area contributed by atoms with Gasteiger partial charge in [0.05, 0.1) is 24.1 Å². The van der Waals surface area contributed by atoms with Crippen LogP contribution in [0, 0.1) is 11.3 Å². The van der Waals surface area contributed by atoms with Crippen LogP contribution in [0.1, 0.15) is 24.2 Å². The van der Waals surface area contributed by atoms with Crippen molar-refractivity contribution < 1.29 is 9.21 Å². The Morgan fingerprint density at radius 1 is 1.36 bits per heavy atom. The summed E-state index contributed by atoms with van der Waals surface area (Å²) >= 11 is 2.66. The fraction of sp³-hybridized carbons (Fsp3) is 0.333. The molecule has 1 amide bonds. The SMILES string of the molecule is N#Cc1ccsc1NC(=O)CSc1nnc(N2CCCC2)n1Cc1ccco1. The van der Waals surface area contributed by atoms with Crippen molar-refractivity contribution >= 4 is 40.0 Å². The van der Waals surface area contributed by atoms with E-state index in [1.807, 2.05) is 16.7 Å². The van der Waals surface area contributed by atoms with Crippen LogP contribution in [-0.4, -0.2) is 39.5 Å². The third-order valence-electron chi connectivity index (χ3n) is 4.35. The normalized spacial score (nSPS) is 13.6. The van der Waals surface area contributed by atoms with Gasteiger partial charge in [-0.15, -0.1) is 21.5 Å². The van der Waals surface area contributed by atoms with E-state index in [9.17, 15) is 4.79 Å². The highest BCUT2D eigenvalue weighted by atomic mass is 32.2. The zero-order valence-corrected chi connectivity index (χ0v) is 16.6. The van der Waals surface area contributed by atoms with Gasteiger partial charge in [0.2, 0.25) is 11.9 Å². The lowest BCUT2D eigenvalue weighted by atomic mass is 10.3. The molecular weight excluding hydrogens is 396 g/mol. The Bertz CT molecular complexity index is 982. The van der Waals surface area contributed by atoms with Crippen molar-refractivity contribution in [3.63, 3.8) is 0 Å². The number of carbonyl (C=O) groups is 1. The molecule has 8 nitrogen and oxygen atoms in total. The molecule has 1 aliphatic heterocycles. The number of nitrogens with zero attached hydrogens (tertiary/aromatic N) is 5. The molecular formula is C18H18N6O2S2. The maximum Gasteiger partial charge on any atom is 0.235 e. The summed E-state index contributed by atoms with van der Waals surface area (Å²) in [5.41, 5.74) is 0.473. The molecule has 0 saturated carbocycles. The summed E-state index contributed by atoms with van der Waals surface area (Å²) in [7, 11) is 0. The van der Waals surface area contributed by atoms with E-state index in [0.29, 0.717) is 22.3 Å². The van der Waals surface area contributed by atoms with E-state index in [-0.39, 0.29) is 11.7 Å². The second-order valence-corrected chi connectivity index (χ2v) is 8.11. The molecule has 1 aliphatic rings. The summed E-state index contributed by atoms with van der Waals surface area (Å²) in [5, 5.41) is 23.5. The van der Waals surface area contributed by atoms with E-state index < -0.39 is 0 Å². The third-order valence-corrected chi connectivity index (χ3v) is 6.15. The van der Waals surface area contributed by atoms with E-state index in [2.05, 4.69) is 26.5 Å². The summed E-state index contributed by atoms with van der Waals surface area (Å²) in [6.07, 6.45) is 3.92. The molecule has 0 radical (unpaired) electrons. The first-order valence-corrected chi connectivity index (χ1v) is 10.7. The van der Waals surface area contributed by atoms with Gasteiger partial charge in [-0.05, 0) is 36.4 Å². The van der Waals surface area contributed by atoms with Gasteiger partial charge >= 0.3 is 0 Å². The van der Waals surface area contributed by atoms with E-state index in [4.69, 9.17) is 9.68 Å². The van der Waals surface area contributed by atoms with Gasteiger partial charge in [-0.3, -0.25) is 9.36 Å². The van der Waals surface area contributed by atoms with Crippen LogP contribution in [-0.2, 0) is 11.3 Å². The van der Waals surface area contributed by atoms with Crippen molar-refractivity contribution in [1.82, 2.24) is 14.8 Å². The number of nitrogens with one attached hydrogen (secondary N) is 1. The molecule has 0 bridgehead atoms. The first kappa shape index (κ1) is 18.6. The number of anilines is 2. The Hall–Kier alpha value is -2.77. The molecule has 28 heavy (non-hydrogen) atoms. The fourth-order valence-electron chi connectivity index (χ4n) is 3.02. The second kappa shape index (κ2) is 8.50. The molecule has 0 aromatic carbocycles. The maximum atomic E-state index is 12.3. The zero-order chi connectivity index (χ0) is 19.3. The summed E-state index contributed by atoms with van der Waals surface area (Å²) in [6, 6.07) is 7.52. The molecule has 0 unspecified atom stereocenters. The van der Waals surface area contributed by atoms with Gasteiger partial charge < -0.3 is 14.6 Å². The summed E-state index contributed by atoms with van der Waals surface area (Å²) in [6.45, 7) is 2.42. The van der Waals surface area contributed by atoms with Crippen molar-refractivity contribution in [2.24, 2.45) is 0 Å². The van der Waals surface area contributed by atoms with Crippen LogP contribution in [0.25, 0.3) is 0 Å². The number of furan rings is 1. The lowest BCUT2D eigenvalue weighted by molar-refractivity contribution is -0.113. The van der Waals surface area contributed by atoms with E-state index in [0.717, 1.165) is 37.6 Å². The molecule has 4 rings (SSSR count). The molecule has 1 N–H and O–H groups in total. The summed E-state index contributed by atoms with van der Waals surface area (Å²) in [5.74, 6) is 1.61. The molecule has 0 aliphatic carbocycles. The van der Waals surface area contributed by atoms with E-state index in [1.165, 1.54) is 23.1 Å². The van der Waals surface area contributed by atoms with Gasteiger partial charge in [0.15, 0.2) is 5.16 Å². The molecule has 1 saturated heterocycles. The first-order chi connectivity index (χ1) is 13.7. The van der Waals surface area contributed by atoms with Crippen molar-refractivity contribution in [2.75, 3.05) is 29.1 Å². The predicted molar refractivity (Wildman–Crippen MR) is 108 cm³/mol. The molecule has 144 valence electrons. The highest BCUT2D eigenvalue weighted by Gasteiger charge is 2.22. The van der Waals surface area contributed by atoms with Crippen molar-refractivity contribution in [2.45, 2.75) is 24.5 Å². The average molecular weight is 415 g/mol. The van der Waals surface area contributed by atoms with Crippen molar-refractivity contribution in [3.05, 3.63) is 41.2 Å². The van der Waals surface area contributed by atoms with Gasteiger partial charge in [0, 0.05) is 13.1 Å². The smallest absolute Gasteiger partial charge is 0.235 e. The zero-order valence-electron chi connectivity index (χ0n) is 15.0. The lowest BCUT2D eigenvalue weighted by Crippen LogP contribution is -2.22. The average Bonchev–Trinajstić information content (AvgIpc) is 3.48. The minimum Gasteiger partial charge on any atom is -0.467 e. The second-order valence-electron chi connectivity index (χ2n) is 6.25. The molecule has 10 heteroatoms. The number of rotatable bonds is 7. The minimum atomic E-state index is -0.181. The largest absolute Gasteiger partial charge is 0.467 e. The topological polar surface area (TPSA) is 100.0 Å². The Morgan fingerprint density at radius 2 is 2.21 bits per heavy atom. The Balaban J connectivity index is 1.47. The van der Waals surface area contributed by atoms with Crippen LogP contribution < -0.4 is 10.2 Å². The maximum absolute atomic E-state index is 12.3. The Labute approximate surface area is 170 Å². The van der Waals surface area contributed by atoms with Crippen LogP contribution in [0.4, 0.5) is 10.9 Å². The van der Waals surface area contributed by atoms with Crippen LogP contribution in [0.3, 0.4) is 0 Å². The number of aromatic nitrogens is 3. The number of carbonyl (C=O) groups excluding carboxylic acids is 1. The van der Waals surface area contributed by atoms with Crippen LogP contribution >= 0.6 is 23.1 Å². The number of thiophene rings is 1. The van der Waals surface area contributed by atoms with Crippen LogP contribution in [0.2, 0.25) is 0 Å². The molecule has 3 aromatic heterocycles. The summed E-state index contributed by atoms with van der Waals surface area (Å²) < 4.78 is 7.48. The Morgan fingerprint density at radius 3 is 2.96 bits per heavy atom. The van der Waals surface area contributed by atoms with Crippen LogP contribution in [0.5, 0.6) is 0 Å². The quantitative estimate of drug-likeness (QED) is 0.593. The van der Waals surface area contributed by atoms with Gasteiger partial charge in [0.1, 0.15) is 16.8 Å². The monoisotopic (exact) mass is 414 g/mol. The highest BCUT2D eigenvalue weighted by molar-refractivity contribution is 7.99. The Kier molecular flexibility index (Phi) is 5.64. The fourth-order valence-corrected chi connectivity index (χ4v) is 4.51. The number of hydrogen-bond acceptors (Lipinski definition) is 8. The minimum absolute atomic E-state index is 0.180. The van der Waals surface area contributed by atoms with Gasteiger partial charge in [-0.25, -0.2) is 0 Å². The molecule has 1 fully saturated rings. The molecule has 0 atom stereocenters. The summed E-state index contributed by atoms with van der Waals surface area (Å²) in [4.78, 5) is 14.5. The van der Waals surface area contributed by atoms with Crippen LogP contribution in [0.15, 0.2) is 39.4 Å². The molecule has 3 aromatic rings. The van der Waals surface area contributed by atoms with Crippen molar-refractivity contribution in [1.29, 1.82) is 5.26 Å². The van der Waals surface area contributed by atoms with Gasteiger partial charge in [-0.1, -0.05) is 11.8 Å². The van der Waals surface area contributed by atoms with Gasteiger partial charge in [0.25, 0.3) is 0 Å². The lowest BCUT2D eigenvalue weighted by Gasteiger charge is -2.17. The molecule has 0 spiro atoms. The predicted octanol–water partition coefficient (Wildman–Crippen LogP) is 3.18. The standard InChI is InChI=1S/C18H18N6O2S2/c19-10-13-5-9-27-16(13)20-15(25)12-28-18-22-21-17(23-6-1-2-7-23)24(18)11-14-4-3-8-26-14/h3-5,8-9H,1-2,6-7,11-12H2,(H,20,25). The number of amides is 1. The van der Waals surface area contributed by atoms with E-state index >= 15 is 0 Å². The first-order valence-electron chi connectivity index (χ1n) is 8.85. The third kappa shape index (κ3) is 4.05. The number of hydrogen-bond donors (Lipinski definition) is 1. The number of thioether (sulfide) groups is 1. The molecule has 4 heterocycles. The van der Waals surface area contributed by atoms with Gasteiger partial charge in [-0.2, -0.15) is 5.26 Å². The van der Waals surface area contributed by atoms with Crippen molar-refractivity contribution in [3.8, 4) is 6.07 Å². The number of nitriles is 1. The highest BCUT2D eigenvalue weighted by Crippen LogP contribution is 2.27.